The quantitative estimate of drug-likeness (QED) is 0.742. The summed E-state index contributed by atoms with van der Waals surface area (Å²) in [7, 11) is -2.20. The maximum atomic E-state index is 12.2. The van der Waals surface area contributed by atoms with Crippen molar-refractivity contribution in [3.05, 3.63) is 24.3 Å². The summed E-state index contributed by atoms with van der Waals surface area (Å²) in [6.45, 7) is 0. The molecule has 0 radical (unpaired) electrons. The summed E-state index contributed by atoms with van der Waals surface area (Å²) in [5.74, 6) is 0.288. The van der Waals surface area contributed by atoms with Gasteiger partial charge < -0.3 is 9.53 Å². The summed E-state index contributed by atoms with van der Waals surface area (Å²) in [4.78, 5) is 11.0. The zero-order valence-corrected chi connectivity index (χ0v) is 9.66. The molecule has 4 nitrogen and oxygen atoms in total. The smallest absolute Gasteiger partial charge is 0.194 e. The summed E-state index contributed by atoms with van der Waals surface area (Å²) >= 11 is 0. The van der Waals surface area contributed by atoms with E-state index in [9.17, 15) is 13.2 Å². The van der Waals surface area contributed by atoms with Gasteiger partial charge in [-0.3, -0.25) is 0 Å². The highest BCUT2D eigenvalue weighted by molar-refractivity contribution is 7.94. The van der Waals surface area contributed by atoms with Gasteiger partial charge in [0.25, 0.3) is 0 Å². The van der Waals surface area contributed by atoms with Crippen LogP contribution in [0.4, 0.5) is 0 Å². The first kappa shape index (κ1) is 11.1. The Hall–Kier alpha value is -1.36. The van der Waals surface area contributed by atoms with Crippen LogP contribution in [0.25, 0.3) is 0 Å². The van der Waals surface area contributed by atoms with Crippen molar-refractivity contribution < 1.29 is 17.9 Å². The van der Waals surface area contributed by atoms with Crippen molar-refractivity contribution in [1.29, 1.82) is 0 Å². The van der Waals surface area contributed by atoms with Crippen LogP contribution in [-0.2, 0) is 14.6 Å². The number of hydrogen-bond donors (Lipinski definition) is 0. The van der Waals surface area contributed by atoms with E-state index in [1.165, 1.54) is 13.2 Å². The molecule has 5 heteroatoms. The van der Waals surface area contributed by atoms with Crippen LogP contribution >= 0.6 is 0 Å². The van der Waals surface area contributed by atoms with E-state index in [-0.39, 0.29) is 10.6 Å². The van der Waals surface area contributed by atoms with Gasteiger partial charge in [0.2, 0.25) is 0 Å². The van der Waals surface area contributed by atoms with Gasteiger partial charge in [0, 0.05) is 0 Å². The molecule has 2 rings (SSSR count). The second-order valence-electron chi connectivity index (χ2n) is 3.84. The van der Waals surface area contributed by atoms with E-state index in [1.54, 1.807) is 18.2 Å². The molecule has 0 spiro atoms. The summed E-state index contributed by atoms with van der Waals surface area (Å²) < 4.78 is 28.2. The molecule has 86 valence electrons. The van der Waals surface area contributed by atoms with Gasteiger partial charge in [-0.25, -0.2) is 8.42 Å². The van der Waals surface area contributed by atoms with Gasteiger partial charge in [-0.05, 0) is 25.0 Å². The predicted molar refractivity (Wildman–Crippen MR) is 58.2 cm³/mol. The molecule has 1 aromatic rings. The van der Waals surface area contributed by atoms with E-state index in [0.29, 0.717) is 19.1 Å². The van der Waals surface area contributed by atoms with Crippen LogP contribution in [-0.4, -0.2) is 26.6 Å². The molecular weight excluding hydrogens is 228 g/mol. The van der Waals surface area contributed by atoms with Gasteiger partial charge >= 0.3 is 0 Å². The minimum atomic E-state index is -3.61. The number of benzene rings is 1. The third-order valence-corrected chi connectivity index (χ3v) is 5.34. The number of rotatable bonds is 4. The van der Waals surface area contributed by atoms with E-state index in [4.69, 9.17) is 4.74 Å². The lowest BCUT2D eigenvalue weighted by Crippen LogP contribution is -2.25. The summed E-state index contributed by atoms with van der Waals surface area (Å²) in [6, 6.07) is 6.36. The average Bonchev–Trinajstić information content (AvgIpc) is 3.10. The molecule has 0 heterocycles. The number of hydrogen-bond acceptors (Lipinski definition) is 4. The first-order valence-electron chi connectivity index (χ1n) is 4.91. The van der Waals surface area contributed by atoms with Crippen molar-refractivity contribution in [2.24, 2.45) is 0 Å². The van der Waals surface area contributed by atoms with Crippen molar-refractivity contribution in [3.63, 3.8) is 0 Å². The first-order chi connectivity index (χ1) is 7.57. The standard InChI is InChI=1S/C11H12O4S/c1-15-9-4-2-3-5-10(9)16(13,14)11(8-12)6-7-11/h2-5,8H,6-7H2,1H3. The normalized spacial score (nSPS) is 17.8. The number of sulfone groups is 1. The van der Waals surface area contributed by atoms with Gasteiger partial charge in [0.05, 0.1) is 7.11 Å². The molecule has 1 aliphatic rings. The van der Waals surface area contributed by atoms with E-state index in [0.717, 1.165) is 0 Å². The molecule has 1 fully saturated rings. The molecule has 1 aromatic carbocycles. The lowest BCUT2D eigenvalue weighted by molar-refractivity contribution is -0.108. The molecule has 1 saturated carbocycles. The van der Waals surface area contributed by atoms with Crippen LogP contribution < -0.4 is 4.74 Å². The van der Waals surface area contributed by atoms with Crippen LogP contribution in [0, 0.1) is 0 Å². The van der Waals surface area contributed by atoms with Crippen LogP contribution in [0.15, 0.2) is 29.2 Å². The molecule has 0 amide bonds. The minimum absolute atomic E-state index is 0.0992. The fourth-order valence-electron chi connectivity index (χ4n) is 1.63. The summed E-state index contributed by atoms with van der Waals surface area (Å²) in [5.41, 5.74) is 0. The number of ether oxygens (including phenoxy) is 1. The number of carbonyl (C=O) groups excluding carboxylic acids is 1. The van der Waals surface area contributed by atoms with Gasteiger partial charge in [-0.2, -0.15) is 0 Å². The van der Waals surface area contributed by atoms with E-state index >= 15 is 0 Å². The topological polar surface area (TPSA) is 60.4 Å². The molecule has 0 bridgehead atoms. The lowest BCUT2D eigenvalue weighted by Gasteiger charge is -2.12. The molecule has 0 aromatic heterocycles. The highest BCUT2D eigenvalue weighted by atomic mass is 32.2. The van der Waals surface area contributed by atoms with Crippen LogP contribution in [0.2, 0.25) is 0 Å². The largest absolute Gasteiger partial charge is 0.495 e. The second-order valence-corrected chi connectivity index (χ2v) is 6.10. The molecule has 0 atom stereocenters. The van der Waals surface area contributed by atoms with Gasteiger partial charge in [0.1, 0.15) is 21.7 Å². The Bertz CT molecular complexity index is 515. The van der Waals surface area contributed by atoms with E-state index < -0.39 is 14.6 Å². The first-order valence-corrected chi connectivity index (χ1v) is 6.40. The lowest BCUT2D eigenvalue weighted by atomic mass is 10.3. The highest BCUT2D eigenvalue weighted by Gasteiger charge is 2.56. The fourth-order valence-corrected chi connectivity index (χ4v) is 3.51. The Morgan fingerprint density at radius 1 is 1.31 bits per heavy atom. The summed E-state index contributed by atoms with van der Waals surface area (Å²) in [5, 5.41) is 0. The highest BCUT2D eigenvalue weighted by Crippen LogP contribution is 2.46. The number of carbonyl (C=O) groups is 1. The van der Waals surface area contributed by atoms with Gasteiger partial charge in [0.15, 0.2) is 9.84 Å². The van der Waals surface area contributed by atoms with Crippen molar-refractivity contribution in [2.45, 2.75) is 22.5 Å². The molecule has 0 unspecified atom stereocenters. The second kappa shape index (κ2) is 3.59. The van der Waals surface area contributed by atoms with E-state index in [2.05, 4.69) is 0 Å². The van der Waals surface area contributed by atoms with Crippen molar-refractivity contribution in [1.82, 2.24) is 0 Å². The molecule has 1 aliphatic carbocycles. The Kier molecular flexibility index (Phi) is 2.50. The molecular formula is C11H12O4S. The maximum absolute atomic E-state index is 12.2. The zero-order chi connectivity index (χ0) is 11.8. The fraction of sp³-hybridized carbons (Fsp3) is 0.364. The van der Waals surface area contributed by atoms with Crippen molar-refractivity contribution in [3.8, 4) is 5.75 Å². The van der Waals surface area contributed by atoms with Crippen LogP contribution in [0.1, 0.15) is 12.8 Å². The van der Waals surface area contributed by atoms with Crippen LogP contribution in [0.5, 0.6) is 5.75 Å². The number of aldehydes is 1. The van der Waals surface area contributed by atoms with E-state index in [1.807, 2.05) is 0 Å². The Morgan fingerprint density at radius 3 is 2.44 bits per heavy atom. The van der Waals surface area contributed by atoms with Crippen molar-refractivity contribution in [2.75, 3.05) is 7.11 Å². The summed E-state index contributed by atoms with van der Waals surface area (Å²) in [6.07, 6.45) is 1.34. The number of methoxy groups -OCH3 is 1. The maximum Gasteiger partial charge on any atom is 0.194 e. The molecule has 0 aliphatic heterocycles. The third kappa shape index (κ3) is 1.43. The van der Waals surface area contributed by atoms with Crippen LogP contribution in [0.3, 0.4) is 0 Å². The van der Waals surface area contributed by atoms with Gasteiger partial charge in [-0.15, -0.1) is 0 Å². The average molecular weight is 240 g/mol. The minimum Gasteiger partial charge on any atom is -0.495 e. The molecule has 0 N–H and O–H groups in total. The predicted octanol–water partition coefficient (Wildman–Crippen LogP) is 1.20. The number of para-hydroxylation sites is 1. The Morgan fingerprint density at radius 2 is 1.94 bits per heavy atom. The molecule has 16 heavy (non-hydrogen) atoms. The Balaban J connectivity index is 2.56. The third-order valence-electron chi connectivity index (χ3n) is 2.85. The van der Waals surface area contributed by atoms with Crippen molar-refractivity contribution >= 4 is 16.1 Å². The monoisotopic (exact) mass is 240 g/mol. The molecule has 0 saturated heterocycles. The Labute approximate surface area is 94.2 Å². The van der Waals surface area contributed by atoms with Gasteiger partial charge in [-0.1, -0.05) is 12.1 Å². The SMILES string of the molecule is COc1ccccc1S(=O)(=O)C1(C=O)CC1. The zero-order valence-electron chi connectivity index (χ0n) is 8.84.